The third-order valence-corrected chi connectivity index (χ3v) is 6.03. The zero-order valence-corrected chi connectivity index (χ0v) is 17.5. The second-order valence-electron chi connectivity index (χ2n) is 7.83. The highest BCUT2D eigenvalue weighted by atomic mass is 35.5. The molecule has 1 aromatic heterocycles. The summed E-state index contributed by atoms with van der Waals surface area (Å²) >= 11 is 8.07. The lowest BCUT2D eigenvalue weighted by Gasteiger charge is -2.19. The summed E-state index contributed by atoms with van der Waals surface area (Å²) in [6, 6.07) is 14.1. The van der Waals surface area contributed by atoms with Crippen LogP contribution in [0.3, 0.4) is 0 Å². The number of epoxide rings is 1. The van der Waals surface area contributed by atoms with Crippen LogP contribution in [0.4, 0.5) is 4.39 Å². The molecule has 7 heteroatoms. The van der Waals surface area contributed by atoms with Gasteiger partial charge in [-0.1, -0.05) is 74.5 Å². The first-order chi connectivity index (χ1) is 13.3. The molecule has 1 saturated heterocycles. The van der Waals surface area contributed by atoms with E-state index in [-0.39, 0.29) is 16.7 Å². The van der Waals surface area contributed by atoms with E-state index < -0.39 is 5.60 Å². The van der Waals surface area contributed by atoms with E-state index >= 15 is 0 Å². The van der Waals surface area contributed by atoms with Gasteiger partial charge >= 0.3 is 0 Å². The van der Waals surface area contributed by atoms with Crippen LogP contribution >= 0.6 is 23.4 Å². The van der Waals surface area contributed by atoms with Crippen LogP contribution in [0.25, 0.3) is 0 Å². The minimum absolute atomic E-state index is 0.000367. The first-order valence-corrected chi connectivity index (χ1v) is 10.2. The van der Waals surface area contributed by atoms with E-state index in [1.54, 1.807) is 30.2 Å². The van der Waals surface area contributed by atoms with Crippen molar-refractivity contribution in [3.8, 4) is 0 Å². The zero-order chi connectivity index (χ0) is 19.9. The number of rotatable bonds is 5. The summed E-state index contributed by atoms with van der Waals surface area (Å²) in [6.45, 7) is 6.86. The van der Waals surface area contributed by atoms with Gasteiger partial charge in [0.25, 0.3) is 0 Å². The Kier molecular flexibility index (Phi) is 4.98. The molecule has 146 valence electrons. The molecule has 1 aliphatic rings. The van der Waals surface area contributed by atoms with Crippen molar-refractivity contribution in [1.29, 1.82) is 0 Å². The third kappa shape index (κ3) is 3.81. The molecule has 1 aliphatic heterocycles. The summed E-state index contributed by atoms with van der Waals surface area (Å²) in [5, 5.41) is 5.89. The maximum absolute atomic E-state index is 13.5. The van der Waals surface area contributed by atoms with Crippen molar-refractivity contribution in [2.45, 2.75) is 48.9 Å². The van der Waals surface area contributed by atoms with E-state index in [4.69, 9.17) is 16.3 Å². The molecule has 3 aromatic rings. The molecule has 4 rings (SSSR count). The molecule has 2 aromatic carbocycles. The van der Waals surface area contributed by atoms with E-state index in [0.29, 0.717) is 11.6 Å². The number of benzene rings is 2. The molecular weight excluding hydrogens is 397 g/mol. The standard InChI is InChI=1S/C21H21ClFN3OS/c1-20(2,3)28-19-24-13-25-26(19)12-21(14-8-10-15(23)11-9-14)18(27-21)16-6-4-5-7-17(16)22/h4-11,13,18H,12H2,1-3H3/t18-,21-/m0/s1. The Morgan fingerprint density at radius 2 is 1.89 bits per heavy atom. The predicted molar refractivity (Wildman–Crippen MR) is 109 cm³/mol. The first-order valence-electron chi connectivity index (χ1n) is 9.04. The Bertz CT molecular complexity index is 986. The van der Waals surface area contributed by atoms with Gasteiger partial charge in [0, 0.05) is 15.3 Å². The molecule has 0 aliphatic carbocycles. The van der Waals surface area contributed by atoms with Crippen molar-refractivity contribution in [3.05, 3.63) is 76.8 Å². The third-order valence-electron chi connectivity index (χ3n) is 4.58. The van der Waals surface area contributed by atoms with Crippen molar-refractivity contribution >= 4 is 23.4 Å². The molecule has 0 radical (unpaired) electrons. The van der Waals surface area contributed by atoms with Crippen molar-refractivity contribution in [3.63, 3.8) is 0 Å². The quantitative estimate of drug-likeness (QED) is 0.398. The van der Waals surface area contributed by atoms with Crippen molar-refractivity contribution in [2.75, 3.05) is 0 Å². The molecule has 0 spiro atoms. The fourth-order valence-corrected chi connectivity index (χ4v) is 4.38. The zero-order valence-electron chi connectivity index (χ0n) is 15.9. The first kappa shape index (κ1) is 19.4. The molecule has 2 heterocycles. The number of hydrogen-bond acceptors (Lipinski definition) is 4. The minimum atomic E-state index is -0.667. The van der Waals surface area contributed by atoms with Gasteiger partial charge < -0.3 is 4.74 Å². The Morgan fingerprint density at radius 3 is 2.57 bits per heavy atom. The van der Waals surface area contributed by atoms with Gasteiger partial charge in [0.1, 0.15) is 23.8 Å². The van der Waals surface area contributed by atoms with Crippen LogP contribution in [-0.4, -0.2) is 19.5 Å². The van der Waals surface area contributed by atoms with Gasteiger partial charge in [-0.15, -0.1) is 0 Å². The Morgan fingerprint density at radius 1 is 1.18 bits per heavy atom. The monoisotopic (exact) mass is 417 g/mol. The molecule has 2 atom stereocenters. The van der Waals surface area contributed by atoms with Gasteiger partial charge in [-0.3, -0.25) is 0 Å². The van der Waals surface area contributed by atoms with Crippen molar-refractivity contribution in [2.24, 2.45) is 0 Å². The average Bonchev–Trinajstić information content (AvgIpc) is 3.19. The van der Waals surface area contributed by atoms with Crippen LogP contribution in [0.2, 0.25) is 5.02 Å². The number of aromatic nitrogens is 3. The molecule has 28 heavy (non-hydrogen) atoms. The lowest BCUT2D eigenvalue weighted by atomic mass is 9.91. The fourth-order valence-electron chi connectivity index (χ4n) is 3.28. The summed E-state index contributed by atoms with van der Waals surface area (Å²) in [5.41, 5.74) is 1.14. The summed E-state index contributed by atoms with van der Waals surface area (Å²) in [6.07, 6.45) is 1.32. The van der Waals surface area contributed by atoms with Crippen LogP contribution in [0.15, 0.2) is 60.0 Å². The summed E-state index contributed by atoms with van der Waals surface area (Å²) in [5.74, 6) is -0.279. The Balaban J connectivity index is 1.72. The van der Waals surface area contributed by atoms with Gasteiger partial charge in [0.2, 0.25) is 0 Å². The second-order valence-corrected chi connectivity index (χ2v) is 10.0. The van der Waals surface area contributed by atoms with Crippen LogP contribution in [0, 0.1) is 5.82 Å². The van der Waals surface area contributed by atoms with Gasteiger partial charge in [-0.25, -0.2) is 14.1 Å². The lowest BCUT2D eigenvalue weighted by molar-refractivity contribution is 0.256. The smallest absolute Gasteiger partial charge is 0.186 e. The number of thioether (sulfide) groups is 1. The van der Waals surface area contributed by atoms with E-state index in [1.165, 1.54) is 12.1 Å². The van der Waals surface area contributed by atoms with Gasteiger partial charge in [-0.05, 0) is 23.8 Å². The fraction of sp³-hybridized carbons (Fsp3) is 0.333. The van der Waals surface area contributed by atoms with Crippen LogP contribution in [-0.2, 0) is 16.9 Å². The van der Waals surface area contributed by atoms with E-state index in [0.717, 1.165) is 16.3 Å². The summed E-state index contributed by atoms with van der Waals surface area (Å²) in [7, 11) is 0. The Labute approximate surface area is 173 Å². The number of ether oxygens (including phenoxy) is 1. The van der Waals surface area contributed by atoms with Gasteiger partial charge in [0.15, 0.2) is 5.16 Å². The number of halogens is 2. The van der Waals surface area contributed by atoms with E-state index in [2.05, 4.69) is 30.9 Å². The van der Waals surface area contributed by atoms with Crippen molar-refractivity contribution in [1.82, 2.24) is 14.8 Å². The number of hydrogen-bond donors (Lipinski definition) is 0. The maximum Gasteiger partial charge on any atom is 0.186 e. The summed E-state index contributed by atoms with van der Waals surface area (Å²) < 4.78 is 21.6. The van der Waals surface area contributed by atoms with Crippen LogP contribution in [0.5, 0.6) is 0 Å². The molecule has 0 unspecified atom stereocenters. The largest absolute Gasteiger partial charge is 0.354 e. The molecule has 0 bridgehead atoms. The molecule has 0 amide bonds. The van der Waals surface area contributed by atoms with Gasteiger partial charge in [0.05, 0.1) is 6.54 Å². The molecule has 0 N–H and O–H groups in total. The van der Waals surface area contributed by atoms with E-state index in [1.807, 2.05) is 28.9 Å². The highest BCUT2D eigenvalue weighted by Gasteiger charge is 2.59. The molecular formula is C21H21ClFN3OS. The SMILES string of the molecule is CC(C)(C)Sc1ncnn1C[C@@]1(c2ccc(F)cc2)O[C@H]1c1ccccc1Cl. The predicted octanol–water partition coefficient (Wildman–Crippen LogP) is 5.63. The normalized spacial score (nSPS) is 21.7. The van der Waals surface area contributed by atoms with Crippen LogP contribution in [0.1, 0.15) is 38.0 Å². The maximum atomic E-state index is 13.5. The molecule has 1 fully saturated rings. The Hall–Kier alpha value is -1.89. The molecule has 4 nitrogen and oxygen atoms in total. The molecule has 0 saturated carbocycles. The number of nitrogens with zero attached hydrogens (tertiary/aromatic N) is 3. The average molecular weight is 418 g/mol. The second kappa shape index (κ2) is 7.17. The lowest BCUT2D eigenvalue weighted by Crippen LogP contribution is -2.21. The topological polar surface area (TPSA) is 43.2 Å². The minimum Gasteiger partial charge on any atom is -0.354 e. The van der Waals surface area contributed by atoms with Crippen molar-refractivity contribution < 1.29 is 9.13 Å². The van der Waals surface area contributed by atoms with Crippen LogP contribution < -0.4 is 0 Å². The van der Waals surface area contributed by atoms with E-state index in [9.17, 15) is 4.39 Å². The van der Waals surface area contributed by atoms with Gasteiger partial charge in [-0.2, -0.15) is 5.10 Å². The highest BCUT2D eigenvalue weighted by Crippen LogP contribution is 2.59. The highest BCUT2D eigenvalue weighted by molar-refractivity contribution is 8.00. The summed E-state index contributed by atoms with van der Waals surface area (Å²) in [4.78, 5) is 4.41.